The molecule has 6 heteroatoms. The first-order valence-electron chi connectivity index (χ1n) is 13.0. The van der Waals surface area contributed by atoms with Gasteiger partial charge in [0.2, 0.25) is 0 Å². The molecule has 5 nitrogen and oxygen atoms in total. The van der Waals surface area contributed by atoms with Crippen molar-refractivity contribution in [1.82, 2.24) is 10.2 Å². The summed E-state index contributed by atoms with van der Waals surface area (Å²) in [6.07, 6.45) is 6.07. The molecule has 1 N–H and O–H groups in total. The Kier molecular flexibility index (Phi) is 9.70. The maximum atomic E-state index is 12.5. The number of nitrogens with one attached hydrogen (secondary N) is 1. The summed E-state index contributed by atoms with van der Waals surface area (Å²) in [5, 5.41) is 5.01. The molecule has 0 radical (unpaired) electrons. The quantitative estimate of drug-likeness (QED) is 0.196. The smallest absolute Gasteiger partial charge is 0.311 e. The topological polar surface area (TPSA) is 58.6 Å². The molecular formula is C30H36N2O3S. The summed E-state index contributed by atoms with van der Waals surface area (Å²) < 4.78 is 5.78. The predicted octanol–water partition coefficient (Wildman–Crippen LogP) is 5.68. The van der Waals surface area contributed by atoms with Crippen molar-refractivity contribution in [2.24, 2.45) is 0 Å². The lowest BCUT2D eigenvalue weighted by Gasteiger charge is -2.35. The van der Waals surface area contributed by atoms with Gasteiger partial charge in [0.25, 0.3) is 5.91 Å². The van der Waals surface area contributed by atoms with E-state index in [1.807, 2.05) is 41.7 Å². The molecular weight excluding hydrogens is 468 g/mol. The van der Waals surface area contributed by atoms with Crippen LogP contribution < -0.4 is 10.1 Å². The molecule has 0 saturated heterocycles. The van der Waals surface area contributed by atoms with Gasteiger partial charge in [-0.05, 0) is 85.8 Å². The van der Waals surface area contributed by atoms with Crippen molar-refractivity contribution in [2.45, 2.75) is 57.9 Å². The minimum atomic E-state index is -0.247. The molecule has 4 rings (SSSR count). The highest BCUT2D eigenvalue weighted by Crippen LogP contribution is 2.32. The van der Waals surface area contributed by atoms with Crippen molar-refractivity contribution in [2.75, 3.05) is 19.6 Å². The van der Waals surface area contributed by atoms with Crippen LogP contribution in [0.25, 0.3) is 0 Å². The molecule has 0 aliphatic heterocycles. The van der Waals surface area contributed by atoms with E-state index < -0.39 is 0 Å². The SMILES string of the molecule is CCCN(CCc1cccs1)[C@H]1CCc2c(cccc2OC(=O)CCCNC(=O)c2ccccc2)C1. The second kappa shape index (κ2) is 13.4. The molecule has 0 bridgehead atoms. The molecule has 190 valence electrons. The second-order valence-electron chi connectivity index (χ2n) is 9.36. The average molecular weight is 505 g/mol. The van der Waals surface area contributed by atoms with E-state index in [2.05, 4.69) is 40.7 Å². The van der Waals surface area contributed by atoms with Crippen molar-refractivity contribution in [1.29, 1.82) is 0 Å². The molecule has 36 heavy (non-hydrogen) atoms. The molecule has 2 aromatic carbocycles. The van der Waals surface area contributed by atoms with E-state index in [1.165, 1.54) is 16.0 Å². The number of nitrogens with zero attached hydrogens (tertiary/aromatic N) is 1. The number of fused-ring (bicyclic) bond motifs is 1. The van der Waals surface area contributed by atoms with Crippen LogP contribution in [0.1, 0.15) is 59.0 Å². The minimum absolute atomic E-state index is 0.122. The number of esters is 1. The molecule has 1 aliphatic carbocycles. The van der Waals surface area contributed by atoms with Crippen LogP contribution in [0.5, 0.6) is 5.75 Å². The van der Waals surface area contributed by atoms with E-state index >= 15 is 0 Å². The van der Waals surface area contributed by atoms with Gasteiger partial charge in [0.1, 0.15) is 5.75 Å². The monoisotopic (exact) mass is 504 g/mol. The number of amides is 1. The van der Waals surface area contributed by atoms with E-state index in [0.717, 1.165) is 45.2 Å². The van der Waals surface area contributed by atoms with Crippen LogP contribution in [0.3, 0.4) is 0 Å². The fourth-order valence-electron chi connectivity index (χ4n) is 4.93. The fourth-order valence-corrected chi connectivity index (χ4v) is 5.63. The molecule has 1 aromatic heterocycles. The van der Waals surface area contributed by atoms with Crippen LogP contribution in [0.2, 0.25) is 0 Å². The van der Waals surface area contributed by atoms with Crippen molar-refractivity contribution < 1.29 is 14.3 Å². The molecule has 0 unspecified atom stereocenters. The third-order valence-electron chi connectivity index (χ3n) is 6.77. The Hall–Kier alpha value is -2.96. The highest BCUT2D eigenvalue weighted by atomic mass is 32.1. The van der Waals surface area contributed by atoms with Crippen molar-refractivity contribution in [3.63, 3.8) is 0 Å². The maximum absolute atomic E-state index is 12.5. The summed E-state index contributed by atoms with van der Waals surface area (Å²) in [5.74, 6) is 0.330. The molecule has 0 fully saturated rings. The second-order valence-corrected chi connectivity index (χ2v) is 10.4. The Bertz CT molecular complexity index is 1110. The minimum Gasteiger partial charge on any atom is -0.426 e. The first kappa shape index (κ1) is 26.1. The predicted molar refractivity (Wildman–Crippen MR) is 146 cm³/mol. The first-order chi connectivity index (χ1) is 17.6. The Balaban J connectivity index is 1.27. The summed E-state index contributed by atoms with van der Waals surface area (Å²) in [5.41, 5.74) is 3.09. The van der Waals surface area contributed by atoms with Crippen LogP contribution in [-0.4, -0.2) is 42.5 Å². The molecule has 1 atom stereocenters. The largest absolute Gasteiger partial charge is 0.426 e. The van der Waals surface area contributed by atoms with E-state index in [0.29, 0.717) is 30.3 Å². The van der Waals surface area contributed by atoms with Gasteiger partial charge >= 0.3 is 5.97 Å². The normalized spacial score (nSPS) is 14.9. The van der Waals surface area contributed by atoms with Gasteiger partial charge < -0.3 is 10.1 Å². The van der Waals surface area contributed by atoms with Gasteiger partial charge in [0.05, 0.1) is 0 Å². The number of thiophene rings is 1. The highest BCUT2D eigenvalue weighted by molar-refractivity contribution is 7.09. The van der Waals surface area contributed by atoms with Crippen LogP contribution in [0, 0.1) is 0 Å². The standard InChI is InChI=1S/C30H36N2O3S/c1-2-19-32(20-17-26-12-8-21-36-26)25-15-16-27-24(22-25)11-6-13-28(27)35-29(33)14-7-18-31-30(34)23-9-4-3-5-10-23/h3-6,8-13,21,25H,2,7,14-20,22H2,1H3,(H,31,34)/t25-/m0/s1. The van der Waals surface area contributed by atoms with Crippen LogP contribution in [0.4, 0.5) is 0 Å². The summed E-state index contributed by atoms with van der Waals surface area (Å²) in [6, 6.07) is 20.1. The number of carbonyl (C=O) groups is 2. The highest BCUT2D eigenvalue weighted by Gasteiger charge is 2.26. The number of ether oxygens (including phenoxy) is 1. The number of rotatable bonds is 12. The summed E-state index contributed by atoms with van der Waals surface area (Å²) in [7, 11) is 0. The van der Waals surface area contributed by atoms with Crippen LogP contribution in [0.15, 0.2) is 66.0 Å². The molecule has 0 saturated carbocycles. The molecule has 0 spiro atoms. The van der Waals surface area contributed by atoms with Gasteiger partial charge in [0.15, 0.2) is 0 Å². The van der Waals surface area contributed by atoms with E-state index in [-0.39, 0.29) is 18.3 Å². The van der Waals surface area contributed by atoms with Crippen LogP contribution >= 0.6 is 11.3 Å². The third-order valence-corrected chi connectivity index (χ3v) is 7.71. The van der Waals surface area contributed by atoms with Gasteiger partial charge in [0, 0.05) is 36.0 Å². The lowest BCUT2D eigenvalue weighted by Crippen LogP contribution is -2.41. The number of carbonyl (C=O) groups excluding carboxylic acids is 2. The Morgan fingerprint density at radius 2 is 1.92 bits per heavy atom. The number of hydrogen-bond acceptors (Lipinski definition) is 5. The molecule has 1 amide bonds. The summed E-state index contributed by atoms with van der Waals surface area (Å²) in [4.78, 5) is 28.7. The van der Waals surface area contributed by atoms with Gasteiger partial charge in [-0.3, -0.25) is 14.5 Å². The average Bonchev–Trinajstić information content (AvgIpc) is 3.43. The summed E-state index contributed by atoms with van der Waals surface area (Å²) in [6.45, 7) is 4.89. The summed E-state index contributed by atoms with van der Waals surface area (Å²) >= 11 is 1.84. The molecule has 1 aliphatic rings. The van der Waals surface area contributed by atoms with Gasteiger partial charge in [-0.25, -0.2) is 0 Å². The van der Waals surface area contributed by atoms with Crippen LogP contribution in [-0.2, 0) is 24.1 Å². The number of benzene rings is 2. The van der Waals surface area contributed by atoms with E-state index in [1.54, 1.807) is 12.1 Å². The maximum Gasteiger partial charge on any atom is 0.311 e. The van der Waals surface area contributed by atoms with Gasteiger partial charge in [-0.15, -0.1) is 11.3 Å². The zero-order valence-corrected chi connectivity index (χ0v) is 21.9. The Morgan fingerprint density at radius 1 is 1.06 bits per heavy atom. The Morgan fingerprint density at radius 3 is 2.69 bits per heavy atom. The fraction of sp³-hybridized carbons (Fsp3) is 0.400. The van der Waals surface area contributed by atoms with Crippen molar-refractivity contribution in [3.05, 3.63) is 87.6 Å². The lowest BCUT2D eigenvalue weighted by molar-refractivity contribution is -0.134. The first-order valence-corrected chi connectivity index (χ1v) is 13.9. The van der Waals surface area contributed by atoms with Gasteiger partial charge in [-0.1, -0.05) is 43.3 Å². The lowest BCUT2D eigenvalue weighted by atomic mass is 9.86. The van der Waals surface area contributed by atoms with Crippen molar-refractivity contribution >= 4 is 23.2 Å². The third kappa shape index (κ3) is 7.28. The van der Waals surface area contributed by atoms with E-state index in [4.69, 9.17) is 4.74 Å². The van der Waals surface area contributed by atoms with Crippen molar-refractivity contribution in [3.8, 4) is 5.75 Å². The van der Waals surface area contributed by atoms with Gasteiger partial charge in [-0.2, -0.15) is 0 Å². The molecule has 3 aromatic rings. The van der Waals surface area contributed by atoms with E-state index in [9.17, 15) is 9.59 Å². The zero-order valence-electron chi connectivity index (χ0n) is 21.1. The molecule has 1 heterocycles. The number of hydrogen-bond donors (Lipinski definition) is 1. The zero-order chi connectivity index (χ0) is 25.2. The Labute approximate surface area is 218 Å².